The SMILES string of the molecule is CCCNS(=O)(=O)c1cccc2ncccc12. The molecule has 0 amide bonds. The maximum Gasteiger partial charge on any atom is 0.241 e. The summed E-state index contributed by atoms with van der Waals surface area (Å²) in [5.41, 5.74) is 0.687. The zero-order chi connectivity index (χ0) is 12.3. The minimum atomic E-state index is -3.44. The predicted octanol–water partition coefficient (Wildman–Crippen LogP) is 1.92. The number of benzene rings is 1. The van der Waals surface area contributed by atoms with Crippen molar-refractivity contribution in [3.05, 3.63) is 36.5 Å². The molecule has 0 aliphatic heterocycles. The first kappa shape index (κ1) is 12.0. The van der Waals surface area contributed by atoms with E-state index < -0.39 is 10.0 Å². The van der Waals surface area contributed by atoms with Crippen molar-refractivity contribution in [2.24, 2.45) is 0 Å². The molecule has 0 unspecified atom stereocenters. The van der Waals surface area contributed by atoms with Crippen LogP contribution in [0.25, 0.3) is 10.9 Å². The third-order valence-electron chi connectivity index (χ3n) is 2.44. The van der Waals surface area contributed by atoms with E-state index in [1.54, 1.807) is 36.5 Å². The molecule has 17 heavy (non-hydrogen) atoms. The Bertz CT molecular complexity index is 618. The Hall–Kier alpha value is -1.46. The lowest BCUT2D eigenvalue weighted by molar-refractivity contribution is 0.581. The van der Waals surface area contributed by atoms with Gasteiger partial charge in [0.05, 0.1) is 10.4 Å². The Balaban J connectivity index is 2.55. The van der Waals surface area contributed by atoms with Crippen LogP contribution in [0.2, 0.25) is 0 Å². The summed E-state index contributed by atoms with van der Waals surface area (Å²) >= 11 is 0. The van der Waals surface area contributed by atoms with E-state index in [1.807, 2.05) is 6.92 Å². The fraction of sp³-hybridized carbons (Fsp3) is 0.250. The van der Waals surface area contributed by atoms with E-state index in [0.29, 0.717) is 17.4 Å². The van der Waals surface area contributed by atoms with Gasteiger partial charge in [0.1, 0.15) is 0 Å². The Morgan fingerprint density at radius 1 is 1.24 bits per heavy atom. The molecule has 0 aliphatic rings. The summed E-state index contributed by atoms with van der Waals surface area (Å²) in [6.45, 7) is 2.37. The number of fused-ring (bicyclic) bond motifs is 1. The number of pyridine rings is 1. The zero-order valence-electron chi connectivity index (χ0n) is 9.55. The van der Waals surface area contributed by atoms with Gasteiger partial charge in [0, 0.05) is 18.1 Å². The molecule has 2 rings (SSSR count). The standard InChI is InChI=1S/C12H14N2O2S/c1-2-8-14-17(15,16)12-7-3-6-11-10(12)5-4-9-13-11/h3-7,9,14H,2,8H2,1H3. The van der Waals surface area contributed by atoms with Gasteiger partial charge < -0.3 is 0 Å². The van der Waals surface area contributed by atoms with E-state index in [9.17, 15) is 8.42 Å². The van der Waals surface area contributed by atoms with Gasteiger partial charge in [-0.25, -0.2) is 13.1 Å². The second-order valence-electron chi connectivity index (χ2n) is 3.72. The minimum Gasteiger partial charge on any atom is -0.256 e. The van der Waals surface area contributed by atoms with Gasteiger partial charge in [0.25, 0.3) is 0 Å². The number of sulfonamides is 1. The normalized spacial score (nSPS) is 11.8. The number of hydrogen-bond donors (Lipinski definition) is 1. The fourth-order valence-corrected chi connectivity index (χ4v) is 2.97. The molecule has 1 heterocycles. The summed E-state index contributed by atoms with van der Waals surface area (Å²) < 4.78 is 26.7. The van der Waals surface area contributed by atoms with Gasteiger partial charge in [-0.1, -0.05) is 13.0 Å². The highest BCUT2D eigenvalue weighted by molar-refractivity contribution is 7.89. The van der Waals surface area contributed by atoms with Gasteiger partial charge in [0.2, 0.25) is 10.0 Å². The van der Waals surface area contributed by atoms with Crippen molar-refractivity contribution in [2.75, 3.05) is 6.54 Å². The topological polar surface area (TPSA) is 59.1 Å². The second-order valence-corrected chi connectivity index (χ2v) is 5.46. The molecule has 90 valence electrons. The van der Waals surface area contributed by atoms with Crippen LogP contribution in [-0.4, -0.2) is 19.9 Å². The molecule has 0 fully saturated rings. The fourth-order valence-electron chi connectivity index (χ4n) is 1.62. The largest absolute Gasteiger partial charge is 0.256 e. The van der Waals surface area contributed by atoms with E-state index in [0.717, 1.165) is 6.42 Å². The van der Waals surface area contributed by atoms with Crippen molar-refractivity contribution in [1.29, 1.82) is 0 Å². The molecule has 0 atom stereocenters. The lowest BCUT2D eigenvalue weighted by atomic mass is 10.2. The number of hydrogen-bond acceptors (Lipinski definition) is 3. The number of nitrogens with zero attached hydrogens (tertiary/aromatic N) is 1. The Labute approximate surface area is 101 Å². The summed E-state index contributed by atoms with van der Waals surface area (Å²) in [4.78, 5) is 4.43. The van der Waals surface area contributed by atoms with Gasteiger partial charge in [-0.3, -0.25) is 4.98 Å². The lowest BCUT2D eigenvalue weighted by Crippen LogP contribution is -2.24. The summed E-state index contributed by atoms with van der Waals surface area (Å²) in [7, 11) is -3.44. The quantitative estimate of drug-likeness (QED) is 0.902. The molecule has 2 aromatic rings. The number of nitrogens with one attached hydrogen (secondary N) is 1. The molecule has 0 aliphatic carbocycles. The van der Waals surface area contributed by atoms with Gasteiger partial charge >= 0.3 is 0 Å². The van der Waals surface area contributed by atoms with E-state index in [4.69, 9.17) is 0 Å². The van der Waals surface area contributed by atoms with E-state index >= 15 is 0 Å². The molecule has 5 heteroatoms. The summed E-state index contributed by atoms with van der Waals surface area (Å²) in [5.74, 6) is 0. The maximum atomic E-state index is 12.1. The molecule has 1 N–H and O–H groups in total. The Kier molecular flexibility index (Phi) is 3.40. The Morgan fingerprint density at radius 3 is 2.82 bits per heavy atom. The molecule has 1 aromatic carbocycles. The molecule has 0 bridgehead atoms. The zero-order valence-corrected chi connectivity index (χ0v) is 10.4. The van der Waals surface area contributed by atoms with Crippen LogP contribution in [0.4, 0.5) is 0 Å². The first-order chi connectivity index (χ1) is 8.15. The van der Waals surface area contributed by atoms with Gasteiger partial charge in [-0.05, 0) is 30.7 Å². The third-order valence-corrected chi connectivity index (χ3v) is 3.96. The molecule has 4 nitrogen and oxygen atoms in total. The smallest absolute Gasteiger partial charge is 0.241 e. The van der Waals surface area contributed by atoms with Gasteiger partial charge in [-0.2, -0.15) is 0 Å². The maximum absolute atomic E-state index is 12.1. The first-order valence-electron chi connectivity index (χ1n) is 5.48. The van der Waals surface area contributed by atoms with Crippen molar-refractivity contribution in [1.82, 2.24) is 9.71 Å². The molecule has 0 saturated carbocycles. The average molecular weight is 250 g/mol. The van der Waals surface area contributed by atoms with Crippen LogP contribution >= 0.6 is 0 Å². The molecule has 0 spiro atoms. The van der Waals surface area contributed by atoms with Crippen molar-refractivity contribution in [3.8, 4) is 0 Å². The molecule has 1 aromatic heterocycles. The van der Waals surface area contributed by atoms with Gasteiger partial charge in [0.15, 0.2) is 0 Å². The molecule has 0 saturated heterocycles. The van der Waals surface area contributed by atoms with Crippen LogP contribution in [0.15, 0.2) is 41.4 Å². The molecule has 0 radical (unpaired) electrons. The van der Waals surface area contributed by atoms with Crippen LogP contribution < -0.4 is 4.72 Å². The van der Waals surface area contributed by atoms with Crippen LogP contribution in [0, 0.1) is 0 Å². The van der Waals surface area contributed by atoms with Crippen LogP contribution in [0.5, 0.6) is 0 Å². The minimum absolute atomic E-state index is 0.288. The van der Waals surface area contributed by atoms with E-state index in [-0.39, 0.29) is 4.90 Å². The summed E-state index contributed by atoms with van der Waals surface area (Å²) in [6.07, 6.45) is 2.42. The third kappa shape index (κ3) is 2.45. The number of aromatic nitrogens is 1. The Morgan fingerprint density at radius 2 is 2.06 bits per heavy atom. The molecular weight excluding hydrogens is 236 g/mol. The molecular formula is C12H14N2O2S. The second kappa shape index (κ2) is 4.81. The first-order valence-corrected chi connectivity index (χ1v) is 6.97. The van der Waals surface area contributed by atoms with Crippen LogP contribution in [-0.2, 0) is 10.0 Å². The van der Waals surface area contributed by atoms with Crippen LogP contribution in [0.1, 0.15) is 13.3 Å². The number of rotatable bonds is 4. The van der Waals surface area contributed by atoms with Crippen molar-refractivity contribution < 1.29 is 8.42 Å². The van der Waals surface area contributed by atoms with Crippen molar-refractivity contribution in [2.45, 2.75) is 18.2 Å². The monoisotopic (exact) mass is 250 g/mol. The highest BCUT2D eigenvalue weighted by Crippen LogP contribution is 2.20. The summed E-state index contributed by atoms with van der Waals surface area (Å²) in [5, 5.41) is 0.651. The van der Waals surface area contributed by atoms with Gasteiger partial charge in [-0.15, -0.1) is 0 Å². The van der Waals surface area contributed by atoms with Crippen LogP contribution in [0.3, 0.4) is 0 Å². The highest BCUT2D eigenvalue weighted by atomic mass is 32.2. The van der Waals surface area contributed by atoms with E-state index in [1.165, 1.54) is 0 Å². The average Bonchev–Trinajstić information content (AvgIpc) is 2.36. The van der Waals surface area contributed by atoms with E-state index in [2.05, 4.69) is 9.71 Å². The highest BCUT2D eigenvalue weighted by Gasteiger charge is 2.16. The van der Waals surface area contributed by atoms with Crippen molar-refractivity contribution in [3.63, 3.8) is 0 Å². The summed E-state index contributed by atoms with van der Waals surface area (Å²) in [6, 6.07) is 8.61. The lowest BCUT2D eigenvalue weighted by Gasteiger charge is -2.08. The predicted molar refractivity (Wildman–Crippen MR) is 67.2 cm³/mol. The van der Waals surface area contributed by atoms with Crippen molar-refractivity contribution >= 4 is 20.9 Å².